The maximum absolute atomic E-state index is 7.34. The molecule has 342 valence electrons. The van der Waals surface area contributed by atoms with Crippen molar-refractivity contribution in [2.75, 3.05) is 0 Å². The van der Waals surface area contributed by atoms with E-state index in [1.807, 2.05) is 0 Å². The highest BCUT2D eigenvalue weighted by Crippen LogP contribution is 2.46. The second-order valence-electron chi connectivity index (χ2n) is 22.4. The Morgan fingerprint density at radius 3 is 1.87 bits per heavy atom. The number of benzene rings is 8. The highest BCUT2D eigenvalue weighted by molar-refractivity contribution is 6.98. The normalized spacial score (nSPS) is 13.4. The minimum Gasteiger partial charge on any atom is -0.458 e. The van der Waals surface area contributed by atoms with Crippen molar-refractivity contribution in [1.82, 2.24) is 4.57 Å². The first-order valence-corrected chi connectivity index (χ1v) is 24.8. The van der Waals surface area contributed by atoms with Gasteiger partial charge >= 0.3 is 0 Å². The van der Waals surface area contributed by atoms with Gasteiger partial charge in [0.2, 0.25) is 0 Å². The molecular weight excluding hydrogens is 844 g/mol. The monoisotopic (exact) mass is 903 g/mol. The van der Waals surface area contributed by atoms with Crippen LogP contribution in [0, 0.1) is 6.92 Å². The number of rotatable bonds is 5. The van der Waals surface area contributed by atoms with Gasteiger partial charge in [0.05, 0.1) is 7.05 Å². The van der Waals surface area contributed by atoms with E-state index in [9.17, 15) is 0 Å². The molecule has 0 aliphatic carbocycles. The minimum absolute atomic E-state index is 0.0165. The van der Waals surface area contributed by atoms with Crippen LogP contribution < -0.4 is 30.4 Å². The Labute approximate surface area is 406 Å². The molecule has 0 N–H and O–H groups in total. The molecule has 0 saturated heterocycles. The zero-order valence-electron chi connectivity index (χ0n) is 42.1. The molecule has 0 radical (unpaired) electrons. The van der Waals surface area contributed by atoms with E-state index in [0.29, 0.717) is 11.8 Å². The van der Waals surface area contributed by atoms with Crippen LogP contribution in [-0.4, -0.2) is 11.3 Å². The van der Waals surface area contributed by atoms with Gasteiger partial charge in [-0.05, 0) is 105 Å². The molecule has 10 aromatic rings. The zero-order valence-corrected chi connectivity index (χ0v) is 42.1. The molecule has 2 aromatic heterocycles. The van der Waals surface area contributed by atoms with Crippen LogP contribution >= 0.6 is 0 Å². The number of hydrogen-bond acceptors (Lipinski definition) is 3. The number of nitrogens with zero attached hydrogens (tertiary/aromatic N) is 2. The van der Waals surface area contributed by atoms with Crippen molar-refractivity contribution in [3.05, 3.63) is 161 Å². The summed E-state index contributed by atoms with van der Waals surface area (Å²) in [6.07, 6.45) is 0. The zero-order chi connectivity index (χ0) is 48.0. The van der Waals surface area contributed by atoms with Crippen LogP contribution in [0.5, 0.6) is 23.0 Å². The molecular formula is C63H60BN2O3+. The van der Waals surface area contributed by atoms with E-state index in [-0.39, 0.29) is 17.5 Å². The standard InChI is InChI=1S/C63H60BN2O3/c1-35(2)42-17-15-18-43(36(3)4)57(42)66-51-22-14-13-21-50(51)65(12)61(66)55-37(5)23-27-47-46-20-16-19-44(58(46)69-59(47)55)38-24-28-45-39(31-38)32-54-56-60(45)68-53-30-26-41(63(9,10)11)34-49(53)64(56)48-33-40(62(6,7)8)25-29-52(48)67-54/h13-36H,1-12H3/q+1. The molecule has 5 nitrogen and oxygen atoms in total. The maximum Gasteiger partial charge on any atom is 0.299 e. The van der Waals surface area contributed by atoms with Crippen molar-refractivity contribution in [2.45, 2.75) is 98.8 Å². The third-order valence-electron chi connectivity index (χ3n) is 15.2. The molecule has 8 aromatic carbocycles. The topological polar surface area (TPSA) is 40.4 Å². The average Bonchev–Trinajstić information content (AvgIpc) is 3.84. The van der Waals surface area contributed by atoms with Gasteiger partial charge in [0.25, 0.3) is 12.5 Å². The van der Waals surface area contributed by atoms with E-state index in [4.69, 9.17) is 13.9 Å². The van der Waals surface area contributed by atoms with Crippen molar-refractivity contribution >= 4 is 66.8 Å². The number of fused-ring (bicyclic) bond motifs is 10. The van der Waals surface area contributed by atoms with Crippen LogP contribution in [0.2, 0.25) is 0 Å². The fourth-order valence-electron chi connectivity index (χ4n) is 11.4. The second kappa shape index (κ2) is 15.2. The number of ether oxygens (including phenoxy) is 2. The highest BCUT2D eigenvalue weighted by Gasteiger charge is 2.42. The third kappa shape index (κ3) is 6.54. The summed E-state index contributed by atoms with van der Waals surface area (Å²) in [5.41, 5.74) is 18.4. The van der Waals surface area contributed by atoms with Crippen LogP contribution in [0.15, 0.2) is 138 Å². The molecule has 0 unspecified atom stereocenters. The van der Waals surface area contributed by atoms with Gasteiger partial charge in [-0.1, -0.05) is 166 Å². The van der Waals surface area contributed by atoms with Gasteiger partial charge < -0.3 is 13.9 Å². The Bertz CT molecular complexity index is 3740. The van der Waals surface area contributed by atoms with E-state index in [2.05, 4.69) is 226 Å². The Kier molecular flexibility index (Phi) is 9.54. The number of aromatic nitrogens is 2. The summed E-state index contributed by atoms with van der Waals surface area (Å²) in [7, 11) is 2.20. The number of para-hydroxylation sites is 4. The largest absolute Gasteiger partial charge is 0.458 e. The number of imidazole rings is 1. The molecule has 0 atom stereocenters. The summed E-state index contributed by atoms with van der Waals surface area (Å²) in [6.45, 7) is 25.1. The van der Waals surface area contributed by atoms with Crippen LogP contribution in [-0.2, 0) is 17.9 Å². The lowest BCUT2D eigenvalue weighted by atomic mass is 9.34. The van der Waals surface area contributed by atoms with E-state index in [1.54, 1.807) is 0 Å². The van der Waals surface area contributed by atoms with Crippen LogP contribution in [0.25, 0.3) is 71.9 Å². The second-order valence-corrected chi connectivity index (χ2v) is 22.4. The van der Waals surface area contributed by atoms with Gasteiger partial charge in [0, 0.05) is 38.3 Å². The van der Waals surface area contributed by atoms with E-state index < -0.39 is 0 Å². The summed E-state index contributed by atoms with van der Waals surface area (Å²) in [4.78, 5) is 0. The number of furan rings is 1. The summed E-state index contributed by atoms with van der Waals surface area (Å²) in [6, 6.07) is 49.2. The predicted molar refractivity (Wildman–Crippen MR) is 288 cm³/mol. The predicted octanol–water partition coefficient (Wildman–Crippen LogP) is 14.7. The lowest BCUT2D eigenvalue weighted by Crippen LogP contribution is -2.57. The maximum atomic E-state index is 7.34. The lowest BCUT2D eigenvalue weighted by Gasteiger charge is -2.35. The Morgan fingerprint density at radius 2 is 1.20 bits per heavy atom. The molecule has 4 heterocycles. The SMILES string of the molecule is Cc1ccc2c(oc3c(-c4ccc5c6c7c(cc5c4)Oc4ccc(C(C)(C)C)cc4B7c4cc(C(C)(C)C)ccc4O6)cccc32)c1-c1n(-c2c(C(C)C)cccc2C(C)C)c2ccccc2[n+]1C. The van der Waals surface area contributed by atoms with Gasteiger partial charge in [-0.2, -0.15) is 4.57 Å². The minimum atomic E-state index is -0.0329. The van der Waals surface area contributed by atoms with Crippen LogP contribution in [0.4, 0.5) is 0 Å². The van der Waals surface area contributed by atoms with E-state index >= 15 is 0 Å². The first-order chi connectivity index (χ1) is 33.0. The van der Waals surface area contributed by atoms with Crippen molar-refractivity contribution in [3.8, 4) is 51.2 Å². The van der Waals surface area contributed by atoms with E-state index in [0.717, 1.165) is 89.2 Å². The smallest absolute Gasteiger partial charge is 0.299 e. The molecule has 0 amide bonds. The molecule has 0 spiro atoms. The number of hydrogen-bond donors (Lipinski definition) is 0. The van der Waals surface area contributed by atoms with Gasteiger partial charge in [-0.15, -0.1) is 0 Å². The first kappa shape index (κ1) is 43.2. The molecule has 69 heavy (non-hydrogen) atoms. The summed E-state index contributed by atoms with van der Waals surface area (Å²) >= 11 is 0. The molecule has 0 saturated carbocycles. The van der Waals surface area contributed by atoms with Crippen LogP contribution in [0.1, 0.15) is 109 Å². The van der Waals surface area contributed by atoms with Gasteiger partial charge in [0.1, 0.15) is 39.8 Å². The lowest BCUT2D eigenvalue weighted by molar-refractivity contribution is -0.633. The van der Waals surface area contributed by atoms with Crippen LogP contribution in [0.3, 0.4) is 0 Å². The Morgan fingerprint density at radius 1 is 0.580 bits per heavy atom. The fourth-order valence-corrected chi connectivity index (χ4v) is 11.4. The van der Waals surface area contributed by atoms with Crippen molar-refractivity contribution < 1.29 is 18.5 Å². The van der Waals surface area contributed by atoms with Crippen molar-refractivity contribution in [1.29, 1.82) is 0 Å². The summed E-state index contributed by atoms with van der Waals surface area (Å²) in [5.74, 6) is 5.25. The van der Waals surface area contributed by atoms with E-state index in [1.165, 1.54) is 49.9 Å². The molecule has 0 bridgehead atoms. The molecule has 2 aliphatic rings. The van der Waals surface area contributed by atoms with Crippen molar-refractivity contribution in [3.63, 3.8) is 0 Å². The van der Waals surface area contributed by atoms with Gasteiger partial charge in [-0.3, -0.25) is 0 Å². The Balaban J connectivity index is 1.06. The highest BCUT2D eigenvalue weighted by atomic mass is 16.5. The quantitative estimate of drug-likeness (QED) is 0.128. The third-order valence-corrected chi connectivity index (χ3v) is 15.2. The molecule has 6 heteroatoms. The summed E-state index contributed by atoms with van der Waals surface area (Å²) in [5, 5.41) is 4.30. The molecule has 0 fully saturated rings. The molecule has 2 aliphatic heterocycles. The first-order valence-electron chi connectivity index (χ1n) is 24.8. The van der Waals surface area contributed by atoms with Gasteiger partial charge in [0.15, 0.2) is 16.6 Å². The fraction of sp³-hybridized carbons (Fsp3) is 0.254. The Hall–Kier alpha value is -7.05. The summed E-state index contributed by atoms with van der Waals surface area (Å²) < 4.78 is 26.2. The molecule has 12 rings (SSSR count). The van der Waals surface area contributed by atoms with Crippen molar-refractivity contribution in [2.24, 2.45) is 7.05 Å². The number of aryl methyl sites for hydroxylation is 2. The average molecular weight is 904 g/mol. The van der Waals surface area contributed by atoms with Gasteiger partial charge in [-0.25, -0.2) is 4.57 Å².